The smallest absolute Gasteiger partial charge is 0.296 e. The average molecular weight is 448 g/mol. The number of rotatable bonds is 5. The van der Waals surface area contributed by atoms with Gasteiger partial charge in [-0.15, -0.1) is 10.2 Å². The number of carbonyl (C=O) groups is 2. The zero-order valence-electron chi connectivity index (χ0n) is 15.2. The van der Waals surface area contributed by atoms with Crippen molar-refractivity contribution in [1.29, 1.82) is 0 Å². The van der Waals surface area contributed by atoms with Crippen LogP contribution in [0.15, 0.2) is 56.5 Å². The number of halogens is 1. The zero-order chi connectivity index (χ0) is 20.7. The third-order valence-electron chi connectivity index (χ3n) is 4.38. The van der Waals surface area contributed by atoms with Crippen molar-refractivity contribution in [3.63, 3.8) is 0 Å². The van der Waals surface area contributed by atoms with Gasteiger partial charge in [0, 0.05) is 5.02 Å². The molecule has 1 aliphatic heterocycles. The third-order valence-corrected chi connectivity index (χ3v) is 6.53. The topological polar surface area (TPSA) is 96.5 Å². The Labute approximate surface area is 179 Å². The zero-order valence-corrected chi connectivity index (χ0v) is 17.6. The van der Waals surface area contributed by atoms with Gasteiger partial charge in [-0.25, -0.2) is 0 Å². The van der Waals surface area contributed by atoms with Crippen LogP contribution >= 0.6 is 34.7 Å². The van der Waals surface area contributed by atoms with Crippen LogP contribution in [0.4, 0.5) is 5.13 Å². The molecule has 10 heteroatoms. The van der Waals surface area contributed by atoms with Crippen LogP contribution in [0.3, 0.4) is 0 Å². The third kappa shape index (κ3) is 3.45. The molecular formula is C19H14ClN3O4S2. The van der Waals surface area contributed by atoms with Gasteiger partial charge in [-0.1, -0.05) is 46.8 Å². The molecule has 1 aliphatic rings. The summed E-state index contributed by atoms with van der Waals surface area (Å²) < 4.78 is 6.09. The molecule has 1 atom stereocenters. The van der Waals surface area contributed by atoms with Crippen molar-refractivity contribution in [2.45, 2.75) is 17.3 Å². The Morgan fingerprint density at radius 3 is 2.55 bits per heavy atom. The number of hydrogen-bond acceptors (Lipinski definition) is 8. The maximum absolute atomic E-state index is 13.2. The molecule has 0 spiro atoms. The van der Waals surface area contributed by atoms with E-state index in [2.05, 4.69) is 10.2 Å². The molecule has 1 amide bonds. The minimum atomic E-state index is -0.889. The van der Waals surface area contributed by atoms with Gasteiger partial charge in [0.25, 0.3) is 5.91 Å². The minimum Gasteiger partial charge on any atom is -0.503 e. The summed E-state index contributed by atoms with van der Waals surface area (Å²) in [7, 11) is 0. The molecule has 0 saturated carbocycles. The van der Waals surface area contributed by atoms with E-state index in [0.29, 0.717) is 20.7 Å². The minimum absolute atomic E-state index is 0.0414. The van der Waals surface area contributed by atoms with Gasteiger partial charge >= 0.3 is 0 Å². The molecule has 1 N–H and O–H groups in total. The Morgan fingerprint density at radius 2 is 1.97 bits per heavy atom. The van der Waals surface area contributed by atoms with E-state index >= 15 is 0 Å². The van der Waals surface area contributed by atoms with Gasteiger partial charge < -0.3 is 9.52 Å². The summed E-state index contributed by atoms with van der Waals surface area (Å²) >= 11 is 8.59. The number of aromatic nitrogens is 2. The molecule has 0 aliphatic carbocycles. The van der Waals surface area contributed by atoms with E-state index in [0.717, 1.165) is 0 Å². The summed E-state index contributed by atoms with van der Waals surface area (Å²) in [6, 6.07) is 8.97. The molecule has 2 aromatic heterocycles. The van der Waals surface area contributed by atoms with E-state index in [9.17, 15) is 14.7 Å². The highest BCUT2D eigenvalue weighted by Crippen LogP contribution is 2.43. The standard InChI is InChI=1S/C19H14ClN3O4S2/c1-9-3-8-12(27-9)15(24)13-14(10-4-6-11(20)7-5-10)23(17(26)16(13)25)18-21-22-19(28-2)29-18/h3-8,14,25H,1-2H3. The first kappa shape index (κ1) is 19.7. The lowest BCUT2D eigenvalue weighted by Crippen LogP contribution is -2.31. The Hall–Kier alpha value is -2.62. The molecule has 148 valence electrons. The molecule has 29 heavy (non-hydrogen) atoms. The van der Waals surface area contributed by atoms with Crippen molar-refractivity contribution in [3.8, 4) is 0 Å². The number of amides is 1. The Kier molecular flexibility index (Phi) is 5.20. The fourth-order valence-corrected chi connectivity index (χ4v) is 4.48. The summed E-state index contributed by atoms with van der Waals surface area (Å²) in [5.74, 6) is -1.34. The van der Waals surface area contributed by atoms with Crippen molar-refractivity contribution in [1.82, 2.24) is 10.2 Å². The number of aryl methyl sites for hydroxylation is 1. The number of anilines is 1. The number of benzene rings is 1. The second-order valence-electron chi connectivity index (χ2n) is 6.19. The van der Waals surface area contributed by atoms with E-state index in [1.54, 1.807) is 37.3 Å². The number of hydrogen-bond donors (Lipinski definition) is 1. The maximum atomic E-state index is 13.2. The quantitative estimate of drug-likeness (QED) is 0.347. The van der Waals surface area contributed by atoms with Gasteiger partial charge in [0.2, 0.25) is 10.9 Å². The SMILES string of the molecule is CSc1nnc(N2C(=O)C(O)=C(C(=O)c3ccc(C)o3)C2c2ccc(Cl)cc2)s1. The number of furan rings is 1. The number of nitrogens with zero attached hydrogens (tertiary/aromatic N) is 3. The van der Waals surface area contributed by atoms with Crippen molar-refractivity contribution in [2.75, 3.05) is 11.2 Å². The molecule has 0 bridgehead atoms. The van der Waals surface area contributed by atoms with Crippen LogP contribution in [0.1, 0.15) is 27.9 Å². The highest BCUT2D eigenvalue weighted by Gasteiger charge is 2.46. The monoisotopic (exact) mass is 447 g/mol. The van der Waals surface area contributed by atoms with E-state index in [1.807, 2.05) is 6.26 Å². The molecule has 0 fully saturated rings. The van der Waals surface area contributed by atoms with E-state index in [-0.39, 0.29) is 16.5 Å². The van der Waals surface area contributed by atoms with Crippen LogP contribution in [0, 0.1) is 6.92 Å². The highest BCUT2D eigenvalue weighted by molar-refractivity contribution is 8.00. The summed E-state index contributed by atoms with van der Waals surface area (Å²) in [5, 5.41) is 19.5. The van der Waals surface area contributed by atoms with Crippen LogP contribution in [0.5, 0.6) is 0 Å². The number of ketones is 1. The first-order valence-electron chi connectivity index (χ1n) is 8.41. The molecule has 3 heterocycles. The number of Topliss-reactive ketones (excluding diaryl/α,β-unsaturated/α-hetero) is 1. The molecule has 1 unspecified atom stereocenters. The van der Waals surface area contributed by atoms with Gasteiger partial charge in [-0.2, -0.15) is 0 Å². The van der Waals surface area contributed by atoms with Crippen LogP contribution in [0.2, 0.25) is 5.02 Å². The van der Waals surface area contributed by atoms with Gasteiger partial charge in [0.15, 0.2) is 15.9 Å². The fraction of sp³-hybridized carbons (Fsp3) is 0.158. The summed E-state index contributed by atoms with van der Waals surface area (Å²) in [4.78, 5) is 27.4. The molecule has 1 aromatic carbocycles. The van der Waals surface area contributed by atoms with E-state index in [4.69, 9.17) is 16.0 Å². The number of aliphatic hydroxyl groups is 1. The van der Waals surface area contributed by atoms with Crippen LogP contribution < -0.4 is 4.90 Å². The van der Waals surface area contributed by atoms with Gasteiger partial charge in [0.1, 0.15) is 5.76 Å². The normalized spacial score (nSPS) is 16.7. The predicted octanol–water partition coefficient (Wildman–Crippen LogP) is 4.60. The average Bonchev–Trinajstić information content (AvgIpc) is 3.41. The Balaban J connectivity index is 1.86. The summed E-state index contributed by atoms with van der Waals surface area (Å²) in [5.41, 5.74) is 0.520. The molecule has 0 radical (unpaired) electrons. The van der Waals surface area contributed by atoms with Crippen LogP contribution in [-0.2, 0) is 4.79 Å². The van der Waals surface area contributed by atoms with Gasteiger partial charge in [-0.05, 0) is 43.0 Å². The maximum Gasteiger partial charge on any atom is 0.296 e. The first-order valence-corrected chi connectivity index (χ1v) is 10.8. The Morgan fingerprint density at radius 1 is 1.24 bits per heavy atom. The molecule has 4 rings (SSSR count). The van der Waals surface area contributed by atoms with Crippen molar-refractivity contribution in [3.05, 3.63) is 69.8 Å². The fourth-order valence-electron chi connectivity index (χ4n) is 3.07. The van der Waals surface area contributed by atoms with E-state index in [1.165, 1.54) is 34.1 Å². The molecule has 0 saturated heterocycles. The highest BCUT2D eigenvalue weighted by atomic mass is 35.5. The summed E-state index contributed by atoms with van der Waals surface area (Å²) in [6.07, 6.45) is 1.84. The Bertz CT molecular complexity index is 1140. The van der Waals surface area contributed by atoms with Crippen LogP contribution in [0.25, 0.3) is 0 Å². The van der Waals surface area contributed by atoms with Gasteiger partial charge in [-0.3, -0.25) is 14.5 Å². The molecule has 3 aromatic rings. The lowest BCUT2D eigenvalue weighted by atomic mass is 9.95. The van der Waals surface area contributed by atoms with Gasteiger partial charge in [0.05, 0.1) is 11.6 Å². The second-order valence-corrected chi connectivity index (χ2v) is 8.63. The first-order chi connectivity index (χ1) is 13.9. The van der Waals surface area contributed by atoms with Crippen molar-refractivity contribution >= 4 is 51.5 Å². The molecular weight excluding hydrogens is 434 g/mol. The largest absolute Gasteiger partial charge is 0.503 e. The lowest BCUT2D eigenvalue weighted by molar-refractivity contribution is -0.117. The lowest BCUT2D eigenvalue weighted by Gasteiger charge is -2.23. The second kappa shape index (κ2) is 7.66. The molecule has 7 nitrogen and oxygen atoms in total. The van der Waals surface area contributed by atoms with Crippen LogP contribution in [-0.4, -0.2) is 33.3 Å². The van der Waals surface area contributed by atoms with E-state index < -0.39 is 23.5 Å². The summed E-state index contributed by atoms with van der Waals surface area (Å²) in [6.45, 7) is 1.71. The number of thioether (sulfide) groups is 1. The van der Waals surface area contributed by atoms with Crippen molar-refractivity contribution in [2.24, 2.45) is 0 Å². The number of aliphatic hydroxyl groups excluding tert-OH is 1. The number of carbonyl (C=O) groups excluding carboxylic acids is 2. The predicted molar refractivity (Wildman–Crippen MR) is 111 cm³/mol. The van der Waals surface area contributed by atoms with Crippen molar-refractivity contribution < 1.29 is 19.1 Å².